The van der Waals surface area contributed by atoms with Gasteiger partial charge in [-0.3, -0.25) is 9.78 Å². The van der Waals surface area contributed by atoms with Crippen LogP contribution in [0, 0.1) is 12.7 Å². The fourth-order valence-electron chi connectivity index (χ4n) is 1.73. The van der Waals surface area contributed by atoms with Gasteiger partial charge < -0.3 is 15.8 Å². The van der Waals surface area contributed by atoms with Crippen LogP contribution in [-0.2, 0) is 0 Å². The molecule has 1 amide bonds. The van der Waals surface area contributed by atoms with Crippen LogP contribution in [0.15, 0.2) is 30.5 Å². The Morgan fingerprint density at radius 3 is 2.90 bits per heavy atom. The Labute approximate surface area is 121 Å². The Morgan fingerprint density at radius 1 is 1.43 bits per heavy atom. The van der Waals surface area contributed by atoms with Gasteiger partial charge in [0, 0.05) is 30.6 Å². The zero-order valence-electron chi connectivity index (χ0n) is 11.8. The number of pyridine rings is 1. The number of hydrogen-bond acceptors (Lipinski definition) is 4. The highest BCUT2D eigenvalue weighted by Crippen LogP contribution is 2.28. The van der Waals surface area contributed by atoms with E-state index in [1.165, 1.54) is 24.4 Å². The fourth-order valence-corrected chi connectivity index (χ4v) is 1.73. The minimum absolute atomic E-state index is 0.0507. The summed E-state index contributed by atoms with van der Waals surface area (Å²) in [4.78, 5) is 15.6. The number of carbonyl (C=O) groups is 1. The molecule has 1 heterocycles. The number of nitrogens with one attached hydrogen (secondary N) is 1. The van der Waals surface area contributed by atoms with Gasteiger partial charge in [0.25, 0.3) is 5.91 Å². The zero-order chi connectivity index (χ0) is 15.4. The van der Waals surface area contributed by atoms with Crippen molar-refractivity contribution in [2.75, 3.05) is 12.3 Å². The van der Waals surface area contributed by atoms with Gasteiger partial charge in [0.15, 0.2) is 11.6 Å². The van der Waals surface area contributed by atoms with Crippen LogP contribution in [0.5, 0.6) is 11.5 Å². The van der Waals surface area contributed by atoms with Crippen LogP contribution in [0.25, 0.3) is 0 Å². The van der Waals surface area contributed by atoms with Gasteiger partial charge in [-0.05, 0) is 31.5 Å². The summed E-state index contributed by atoms with van der Waals surface area (Å²) in [6.45, 7) is 4.07. The molecule has 6 heteroatoms. The molecule has 0 bridgehead atoms. The molecule has 0 unspecified atom stereocenters. The molecule has 0 saturated heterocycles. The molecule has 2 rings (SSSR count). The standard InChI is InChI=1S/C15H16FN3O2/c1-3-18-15(20)13-7-10(4-5-19-13)21-14-6-9(2)12(17)8-11(14)16/h4-8H,3,17H2,1-2H3,(H,18,20). The SMILES string of the molecule is CCNC(=O)c1cc(Oc2cc(C)c(N)cc2F)ccn1. The molecule has 110 valence electrons. The lowest BCUT2D eigenvalue weighted by atomic mass is 10.2. The molecule has 1 aromatic carbocycles. The Hall–Kier alpha value is -2.63. The summed E-state index contributed by atoms with van der Waals surface area (Å²) in [7, 11) is 0. The Bertz CT molecular complexity index is 674. The van der Waals surface area contributed by atoms with E-state index in [-0.39, 0.29) is 17.4 Å². The van der Waals surface area contributed by atoms with Gasteiger partial charge in [0.05, 0.1) is 0 Å². The third kappa shape index (κ3) is 3.47. The number of ether oxygens (including phenoxy) is 1. The van der Waals surface area contributed by atoms with E-state index >= 15 is 0 Å². The highest BCUT2D eigenvalue weighted by molar-refractivity contribution is 5.92. The fraction of sp³-hybridized carbons (Fsp3) is 0.200. The van der Waals surface area contributed by atoms with E-state index in [0.717, 1.165) is 0 Å². The quantitative estimate of drug-likeness (QED) is 0.848. The largest absolute Gasteiger partial charge is 0.454 e. The lowest BCUT2D eigenvalue weighted by molar-refractivity contribution is 0.0950. The van der Waals surface area contributed by atoms with E-state index in [1.807, 2.05) is 6.92 Å². The first-order valence-electron chi connectivity index (χ1n) is 6.49. The lowest BCUT2D eigenvalue weighted by Gasteiger charge is -2.10. The number of halogens is 1. The highest BCUT2D eigenvalue weighted by Gasteiger charge is 2.11. The Morgan fingerprint density at radius 2 is 2.19 bits per heavy atom. The van der Waals surface area contributed by atoms with E-state index in [4.69, 9.17) is 10.5 Å². The third-order valence-corrected chi connectivity index (χ3v) is 2.85. The number of nitrogens with zero attached hydrogens (tertiary/aromatic N) is 1. The maximum Gasteiger partial charge on any atom is 0.270 e. The summed E-state index contributed by atoms with van der Waals surface area (Å²) in [6.07, 6.45) is 1.43. The first-order chi connectivity index (χ1) is 10.0. The second-order valence-electron chi connectivity index (χ2n) is 4.48. The number of amides is 1. The van der Waals surface area contributed by atoms with Crippen molar-refractivity contribution < 1.29 is 13.9 Å². The van der Waals surface area contributed by atoms with Crippen molar-refractivity contribution >= 4 is 11.6 Å². The number of aromatic nitrogens is 1. The molecule has 0 radical (unpaired) electrons. The third-order valence-electron chi connectivity index (χ3n) is 2.85. The van der Waals surface area contributed by atoms with Gasteiger partial charge in [-0.15, -0.1) is 0 Å². The van der Waals surface area contributed by atoms with Crippen LogP contribution in [0.1, 0.15) is 23.0 Å². The molecule has 2 aromatic rings. The molecule has 1 aromatic heterocycles. The monoisotopic (exact) mass is 289 g/mol. The van der Waals surface area contributed by atoms with E-state index in [1.54, 1.807) is 13.0 Å². The van der Waals surface area contributed by atoms with Crippen molar-refractivity contribution in [2.45, 2.75) is 13.8 Å². The predicted octanol–water partition coefficient (Wildman–Crippen LogP) is 2.65. The number of aryl methyl sites for hydroxylation is 1. The van der Waals surface area contributed by atoms with Crippen LogP contribution in [0.4, 0.5) is 10.1 Å². The predicted molar refractivity (Wildman–Crippen MR) is 77.9 cm³/mol. The first-order valence-corrected chi connectivity index (χ1v) is 6.49. The molecule has 0 aliphatic carbocycles. The second-order valence-corrected chi connectivity index (χ2v) is 4.48. The van der Waals surface area contributed by atoms with Gasteiger partial charge in [-0.2, -0.15) is 0 Å². The maximum absolute atomic E-state index is 13.8. The number of rotatable bonds is 4. The molecular formula is C15H16FN3O2. The van der Waals surface area contributed by atoms with E-state index < -0.39 is 5.82 Å². The number of benzene rings is 1. The molecule has 0 aliphatic heterocycles. The Balaban J connectivity index is 2.26. The summed E-state index contributed by atoms with van der Waals surface area (Å²) >= 11 is 0. The van der Waals surface area contributed by atoms with Gasteiger partial charge in [0.2, 0.25) is 0 Å². The number of nitrogen functional groups attached to an aromatic ring is 1. The van der Waals surface area contributed by atoms with Crippen molar-refractivity contribution in [3.63, 3.8) is 0 Å². The molecule has 0 aliphatic rings. The highest BCUT2D eigenvalue weighted by atomic mass is 19.1. The van der Waals surface area contributed by atoms with Crippen molar-refractivity contribution in [3.05, 3.63) is 47.5 Å². The smallest absolute Gasteiger partial charge is 0.270 e. The maximum atomic E-state index is 13.8. The molecule has 3 N–H and O–H groups in total. The number of anilines is 1. The van der Waals surface area contributed by atoms with Crippen LogP contribution >= 0.6 is 0 Å². The van der Waals surface area contributed by atoms with E-state index in [0.29, 0.717) is 23.5 Å². The van der Waals surface area contributed by atoms with Crippen LogP contribution in [0.2, 0.25) is 0 Å². The first kappa shape index (κ1) is 14.8. The summed E-state index contributed by atoms with van der Waals surface area (Å²) in [6, 6.07) is 5.72. The van der Waals surface area contributed by atoms with Gasteiger partial charge in [-0.1, -0.05) is 0 Å². The number of hydrogen-bond donors (Lipinski definition) is 2. The van der Waals surface area contributed by atoms with E-state index in [9.17, 15) is 9.18 Å². The molecular weight excluding hydrogens is 273 g/mol. The minimum atomic E-state index is -0.561. The summed E-state index contributed by atoms with van der Waals surface area (Å²) in [5, 5.41) is 2.63. The van der Waals surface area contributed by atoms with Gasteiger partial charge in [0.1, 0.15) is 11.4 Å². The average molecular weight is 289 g/mol. The van der Waals surface area contributed by atoms with Crippen LogP contribution in [-0.4, -0.2) is 17.4 Å². The number of carbonyl (C=O) groups excluding carboxylic acids is 1. The lowest BCUT2D eigenvalue weighted by Crippen LogP contribution is -2.23. The van der Waals surface area contributed by atoms with Gasteiger partial charge >= 0.3 is 0 Å². The summed E-state index contributed by atoms with van der Waals surface area (Å²) in [5.41, 5.74) is 6.90. The van der Waals surface area contributed by atoms with Crippen molar-refractivity contribution in [1.82, 2.24) is 10.3 Å². The molecule has 0 saturated carbocycles. The topological polar surface area (TPSA) is 77.2 Å². The van der Waals surface area contributed by atoms with Crippen molar-refractivity contribution in [3.8, 4) is 11.5 Å². The zero-order valence-corrected chi connectivity index (χ0v) is 11.8. The minimum Gasteiger partial charge on any atom is -0.454 e. The van der Waals surface area contributed by atoms with Crippen molar-refractivity contribution in [1.29, 1.82) is 0 Å². The summed E-state index contributed by atoms with van der Waals surface area (Å²) in [5.74, 6) is -0.490. The molecule has 21 heavy (non-hydrogen) atoms. The summed E-state index contributed by atoms with van der Waals surface area (Å²) < 4.78 is 19.3. The second kappa shape index (κ2) is 6.21. The van der Waals surface area contributed by atoms with E-state index in [2.05, 4.69) is 10.3 Å². The van der Waals surface area contributed by atoms with Crippen molar-refractivity contribution in [2.24, 2.45) is 0 Å². The van der Waals surface area contributed by atoms with Crippen LogP contribution in [0.3, 0.4) is 0 Å². The molecule has 0 fully saturated rings. The average Bonchev–Trinajstić information content (AvgIpc) is 2.45. The normalized spacial score (nSPS) is 10.2. The molecule has 0 atom stereocenters. The molecule has 0 spiro atoms. The Kier molecular flexibility index (Phi) is 4.37. The van der Waals surface area contributed by atoms with Gasteiger partial charge in [-0.25, -0.2) is 4.39 Å². The number of nitrogens with two attached hydrogens (primary N) is 1. The molecule has 5 nitrogen and oxygen atoms in total. The van der Waals surface area contributed by atoms with Crippen LogP contribution < -0.4 is 15.8 Å².